The first-order valence-electron chi connectivity index (χ1n) is 4.83. The van der Waals surface area contributed by atoms with E-state index >= 15 is 0 Å². The SMILES string of the molecule is Fc1ccc(NCc2cccnc2)c(Br)c1. The summed E-state index contributed by atoms with van der Waals surface area (Å²) in [4.78, 5) is 4.02. The summed E-state index contributed by atoms with van der Waals surface area (Å²) in [5, 5.41) is 3.20. The minimum Gasteiger partial charge on any atom is -0.380 e. The molecule has 0 aliphatic rings. The van der Waals surface area contributed by atoms with E-state index in [0.717, 1.165) is 15.7 Å². The van der Waals surface area contributed by atoms with Crippen molar-refractivity contribution in [2.45, 2.75) is 6.54 Å². The third-order valence-electron chi connectivity index (χ3n) is 2.14. The highest BCUT2D eigenvalue weighted by Crippen LogP contribution is 2.23. The maximum absolute atomic E-state index is 12.8. The molecule has 2 nitrogen and oxygen atoms in total. The second-order valence-electron chi connectivity index (χ2n) is 3.34. The van der Waals surface area contributed by atoms with Gasteiger partial charge in [0.2, 0.25) is 0 Å². The standard InChI is InChI=1S/C12H10BrFN2/c13-11-6-10(14)3-4-12(11)16-8-9-2-1-5-15-7-9/h1-7,16H,8H2. The fourth-order valence-electron chi connectivity index (χ4n) is 1.33. The van der Waals surface area contributed by atoms with Gasteiger partial charge in [-0.3, -0.25) is 4.98 Å². The van der Waals surface area contributed by atoms with Crippen molar-refractivity contribution in [2.75, 3.05) is 5.32 Å². The molecule has 0 unspecified atom stereocenters. The van der Waals surface area contributed by atoms with E-state index in [9.17, 15) is 4.39 Å². The van der Waals surface area contributed by atoms with Gasteiger partial charge in [0.15, 0.2) is 0 Å². The van der Waals surface area contributed by atoms with Gasteiger partial charge in [0.25, 0.3) is 0 Å². The molecule has 1 aromatic heterocycles. The number of hydrogen-bond donors (Lipinski definition) is 1. The molecule has 0 saturated carbocycles. The molecule has 2 aromatic rings. The Balaban J connectivity index is 2.05. The van der Waals surface area contributed by atoms with Gasteiger partial charge >= 0.3 is 0 Å². The highest BCUT2D eigenvalue weighted by atomic mass is 79.9. The molecule has 0 aliphatic carbocycles. The Labute approximate surface area is 102 Å². The van der Waals surface area contributed by atoms with Crippen molar-refractivity contribution in [2.24, 2.45) is 0 Å². The molecular weight excluding hydrogens is 271 g/mol. The number of nitrogens with one attached hydrogen (secondary N) is 1. The number of pyridine rings is 1. The van der Waals surface area contributed by atoms with E-state index in [-0.39, 0.29) is 5.82 Å². The molecule has 0 atom stereocenters. The number of anilines is 1. The topological polar surface area (TPSA) is 24.9 Å². The van der Waals surface area contributed by atoms with E-state index in [1.807, 2.05) is 12.1 Å². The lowest BCUT2D eigenvalue weighted by Crippen LogP contribution is -2.00. The van der Waals surface area contributed by atoms with Crippen LogP contribution in [0.1, 0.15) is 5.56 Å². The highest BCUT2D eigenvalue weighted by Gasteiger charge is 2.00. The maximum atomic E-state index is 12.8. The number of halogens is 2. The Kier molecular flexibility index (Phi) is 3.51. The van der Waals surface area contributed by atoms with Gasteiger partial charge in [-0.05, 0) is 45.8 Å². The molecule has 0 radical (unpaired) electrons. The van der Waals surface area contributed by atoms with Crippen LogP contribution < -0.4 is 5.32 Å². The van der Waals surface area contributed by atoms with E-state index in [1.54, 1.807) is 18.5 Å². The zero-order chi connectivity index (χ0) is 11.4. The van der Waals surface area contributed by atoms with Crippen LogP contribution in [0.25, 0.3) is 0 Å². The lowest BCUT2D eigenvalue weighted by molar-refractivity contribution is 0.627. The van der Waals surface area contributed by atoms with E-state index in [4.69, 9.17) is 0 Å². The van der Waals surface area contributed by atoms with Crippen LogP contribution >= 0.6 is 15.9 Å². The van der Waals surface area contributed by atoms with Crippen molar-refractivity contribution in [3.8, 4) is 0 Å². The van der Waals surface area contributed by atoms with Gasteiger partial charge in [-0.15, -0.1) is 0 Å². The molecule has 1 heterocycles. The van der Waals surface area contributed by atoms with Crippen LogP contribution in [0.4, 0.5) is 10.1 Å². The van der Waals surface area contributed by atoms with Gasteiger partial charge in [0, 0.05) is 29.1 Å². The summed E-state index contributed by atoms with van der Waals surface area (Å²) in [6.45, 7) is 0.665. The zero-order valence-corrected chi connectivity index (χ0v) is 10.0. The molecular formula is C12H10BrFN2. The number of rotatable bonds is 3. The third-order valence-corrected chi connectivity index (χ3v) is 2.79. The normalized spacial score (nSPS) is 10.1. The van der Waals surface area contributed by atoms with Crippen LogP contribution in [-0.2, 0) is 6.54 Å². The van der Waals surface area contributed by atoms with Crippen LogP contribution in [0.15, 0.2) is 47.2 Å². The van der Waals surface area contributed by atoms with Crippen LogP contribution in [0, 0.1) is 5.82 Å². The largest absolute Gasteiger partial charge is 0.380 e. The van der Waals surface area contributed by atoms with Crippen molar-refractivity contribution < 1.29 is 4.39 Å². The Bertz CT molecular complexity index is 474. The number of nitrogens with zero attached hydrogens (tertiary/aromatic N) is 1. The monoisotopic (exact) mass is 280 g/mol. The number of benzene rings is 1. The first kappa shape index (κ1) is 11.1. The lowest BCUT2D eigenvalue weighted by atomic mass is 10.2. The average Bonchev–Trinajstić information content (AvgIpc) is 2.29. The van der Waals surface area contributed by atoms with Gasteiger partial charge in [-0.2, -0.15) is 0 Å². The molecule has 0 amide bonds. The molecule has 1 N–H and O–H groups in total. The Morgan fingerprint density at radius 3 is 2.88 bits per heavy atom. The van der Waals surface area contributed by atoms with Crippen molar-refractivity contribution in [1.82, 2.24) is 4.98 Å². The van der Waals surface area contributed by atoms with Gasteiger partial charge in [-0.1, -0.05) is 6.07 Å². The predicted octanol–water partition coefficient (Wildman–Crippen LogP) is 3.60. The van der Waals surface area contributed by atoms with E-state index in [1.165, 1.54) is 12.1 Å². The molecule has 4 heteroatoms. The van der Waals surface area contributed by atoms with Crippen LogP contribution in [0.2, 0.25) is 0 Å². The second kappa shape index (κ2) is 5.07. The minimum absolute atomic E-state index is 0.251. The van der Waals surface area contributed by atoms with Gasteiger partial charge in [0.05, 0.1) is 0 Å². The third kappa shape index (κ3) is 2.79. The van der Waals surface area contributed by atoms with Gasteiger partial charge < -0.3 is 5.32 Å². The van der Waals surface area contributed by atoms with Gasteiger partial charge in [-0.25, -0.2) is 4.39 Å². The smallest absolute Gasteiger partial charge is 0.124 e. The maximum Gasteiger partial charge on any atom is 0.124 e. The summed E-state index contributed by atoms with van der Waals surface area (Å²) in [7, 11) is 0. The van der Waals surface area contributed by atoms with Crippen molar-refractivity contribution in [3.63, 3.8) is 0 Å². The predicted molar refractivity (Wildman–Crippen MR) is 65.7 cm³/mol. The molecule has 0 fully saturated rings. The van der Waals surface area contributed by atoms with E-state index in [2.05, 4.69) is 26.2 Å². The zero-order valence-electron chi connectivity index (χ0n) is 8.45. The van der Waals surface area contributed by atoms with E-state index in [0.29, 0.717) is 6.54 Å². The summed E-state index contributed by atoms with van der Waals surface area (Å²) in [6.07, 6.45) is 3.53. The fraction of sp³-hybridized carbons (Fsp3) is 0.0833. The quantitative estimate of drug-likeness (QED) is 0.929. The molecule has 0 aliphatic heterocycles. The summed E-state index contributed by atoms with van der Waals surface area (Å²) in [6, 6.07) is 8.44. The van der Waals surface area contributed by atoms with Crippen LogP contribution in [0.5, 0.6) is 0 Å². The molecule has 0 spiro atoms. The highest BCUT2D eigenvalue weighted by molar-refractivity contribution is 9.10. The minimum atomic E-state index is -0.251. The molecule has 1 aromatic carbocycles. The Hall–Kier alpha value is -1.42. The summed E-state index contributed by atoms with van der Waals surface area (Å²) in [5.41, 5.74) is 1.95. The van der Waals surface area contributed by atoms with Crippen LogP contribution in [-0.4, -0.2) is 4.98 Å². The lowest BCUT2D eigenvalue weighted by Gasteiger charge is -2.08. The van der Waals surface area contributed by atoms with E-state index < -0.39 is 0 Å². The average molecular weight is 281 g/mol. The Morgan fingerprint density at radius 1 is 1.31 bits per heavy atom. The first-order valence-corrected chi connectivity index (χ1v) is 5.63. The molecule has 82 valence electrons. The van der Waals surface area contributed by atoms with Crippen LogP contribution in [0.3, 0.4) is 0 Å². The number of aromatic nitrogens is 1. The molecule has 0 bridgehead atoms. The molecule has 0 saturated heterocycles. The summed E-state index contributed by atoms with van der Waals surface area (Å²) in [5.74, 6) is -0.251. The van der Waals surface area contributed by atoms with Crippen molar-refractivity contribution in [1.29, 1.82) is 0 Å². The fourth-order valence-corrected chi connectivity index (χ4v) is 1.82. The molecule has 2 rings (SSSR count). The summed E-state index contributed by atoms with van der Waals surface area (Å²) >= 11 is 3.30. The first-order chi connectivity index (χ1) is 7.75. The number of hydrogen-bond acceptors (Lipinski definition) is 2. The van der Waals surface area contributed by atoms with Crippen molar-refractivity contribution in [3.05, 3.63) is 58.6 Å². The summed E-state index contributed by atoms with van der Waals surface area (Å²) < 4.78 is 13.6. The molecule has 16 heavy (non-hydrogen) atoms. The Morgan fingerprint density at radius 2 is 2.19 bits per heavy atom. The van der Waals surface area contributed by atoms with Crippen molar-refractivity contribution >= 4 is 21.6 Å². The van der Waals surface area contributed by atoms with Gasteiger partial charge in [0.1, 0.15) is 5.82 Å². The second-order valence-corrected chi connectivity index (χ2v) is 4.19.